The second kappa shape index (κ2) is 6.97. The molecule has 1 saturated heterocycles. The Labute approximate surface area is 159 Å². The van der Waals surface area contributed by atoms with Crippen LogP contribution in [0.1, 0.15) is 31.9 Å². The summed E-state index contributed by atoms with van der Waals surface area (Å²) in [5.74, 6) is 0.0956. The van der Waals surface area contributed by atoms with Gasteiger partial charge in [0.1, 0.15) is 6.54 Å². The molecule has 3 heterocycles. The second-order valence-electron chi connectivity index (χ2n) is 7.79. The highest BCUT2D eigenvalue weighted by atomic mass is 16.5. The van der Waals surface area contributed by atoms with Crippen LogP contribution < -0.4 is 5.43 Å². The number of pyridine rings is 1. The fourth-order valence-corrected chi connectivity index (χ4v) is 4.30. The van der Waals surface area contributed by atoms with Gasteiger partial charge >= 0.3 is 0 Å². The zero-order valence-electron chi connectivity index (χ0n) is 16.0. The zero-order chi connectivity index (χ0) is 19.0. The molecule has 1 spiro atoms. The number of amides is 1. The molecule has 1 aromatic heterocycles. The van der Waals surface area contributed by atoms with Gasteiger partial charge in [-0.25, -0.2) is 0 Å². The highest BCUT2D eigenvalue weighted by Gasteiger charge is 2.36. The molecule has 0 saturated carbocycles. The second-order valence-corrected chi connectivity index (χ2v) is 7.79. The highest BCUT2D eigenvalue weighted by Crippen LogP contribution is 2.33. The molecule has 5 heteroatoms. The maximum atomic E-state index is 13.0. The Hall–Kier alpha value is -2.40. The lowest BCUT2D eigenvalue weighted by Crippen LogP contribution is -2.49. The normalized spacial score (nSPS) is 19.3. The van der Waals surface area contributed by atoms with Crippen LogP contribution in [0.2, 0.25) is 0 Å². The summed E-state index contributed by atoms with van der Waals surface area (Å²) in [7, 11) is 0. The Kier molecular flexibility index (Phi) is 4.64. The average molecular weight is 366 g/mol. The van der Waals surface area contributed by atoms with Gasteiger partial charge in [-0.05, 0) is 45.2 Å². The number of benzene rings is 1. The third-order valence-corrected chi connectivity index (χ3v) is 5.88. The van der Waals surface area contributed by atoms with Gasteiger partial charge in [0.15, 0.2) is 5.43 Å². The van der Waals surface area contributed by atoms with Gasteiger partial charge in [0, 0.05) is 30.2 Å². The molecule has 0 aliphatic carbocycles. The van der Waals surface area contributed by atoms with E-state index >= 15 is 0 Å². The van der Waals surface area contributed by atoms with E-state index in [0.717, 1.165) is 37.1 Å². The Morgan fingerprint density at radius 3 is 2.67 bits per heavy atom. The topological polar surface area (TPSA) is 51.5 Å². The number of hydrogen-bond acceptors (Lipinski definition) is 3. The minimum atomic E-state index is -0.181. The van der Waals surface area contributed by atoms with Gasteiger partial charge in [0.25, 0.3) is 0 Å². The third kappa shape index (κ3) is 3.44. The first-order valence-corrected chi connectivity index (χ1v) is 9.67. The van der Waals surface area contributed by atoms with Crippen molar-refractivity contribution in [3.63, 3.8) is 0 Å². The van der Waals surface area contributed by atoms with E-state index in [-0.39, 0.29) is 23.5 Å². The molecule has 0 radical (unpaired) electrons. The van der Waals surface area contributed by atoms with Crippen molar-refractivity contribution in [1.29, 1.82) is 0 Å². The Bertz CT molecular complexity index is 965. The standard InChI is InChI=1S/C22H26N2O3/c1-16-7-12-27-22(14-16)8-10-23(11-9-22)21(26)15-24-17(2)13-20(25)18-5-3-4-6-19(18)24/h3-6,13-14H,7-12,15H2,1-2H3. The van der Waals surface area contributed by atoms with Crippen molar-refractivity contribution in [2.24, 2.45) is 0 Å². The number of para-hydroxylation sites is 1. The average Bonchev–Trinajstić information content (AvgIpc) is 2.65. The maximum absolute atomic E-state index is 13.0. The van der Waals surface area contributed by atoms with Crippen molar-refractivity contribution in [3.8, 4) is 0 Å². The van der Waals surface area contributed by atoms with Gasteiger partial charge in [-0.3, -0.25) is 9.59 Å². The molecule has 0 unspecified atom stereocenters. The van der Waals surface area contributed by atoms with Gasteiger partial charge in [-0.2, -0.15) is 0 Å². The summed E-state index contributed by atoms with van der Waals surface area (Å²) in [5.41, 5.74) is 2.84. The van der Waals surface area contributed by atoms with Crippen LogP contribution in [0.25, 0.3) is 10.9 Å². The van der Waals surface area contributed by atoms with Crippen molar-refractivity contribution in [2.45, 2.75) is 45.3 Å². The molecule has 5 nitrogen and oxygen atoms in total. The number of nitrogens with zero attached hydrogens (tertiary/aromatic N) is 2. The van der Waals surface area contributed by atoms with E-state index in [4.69, 9.17) is 4.74 Å². The van der Waals surface area contributed by atoms with Gasteiger partial charge in [0.2, 0.25) is 5.91 Å². The van der Waals surface area contributed by atoms with E-state index in [9.17, 15) is 9.59 Å². The minimum Gasteiger partial charge on any atom is -0.370 e. The molecule has 4 rings (SSSR count). The summed E-state index contributed by atoms with van der Waals surface area (Å²) in [5, 5.41) is 0.657. The first-order valence-electron chi connectivity index (χ1n) is 9.67. The number of aryl methyl sites for hydroxylation is 1. The number of piperidine rings is 1. The van der Waals surface area contributed by atoms with E-state index in [1.807, 2.05) is 40.7 Å². The fraction of sp³-hybridized carbons (Fsp3) is 0.455. The molecule has 27 heavy (non-hydrogen) atoms. The summed E-state index contributed by atoms with van der Waals surface area (Å²) in [4.78, 5) is 27.1. The lowest BCUT2D eigenvalue weighted by molar-refractivity contribution is -0.136. The molecule has 1 amide bonds. The van der Waals surface area contributed by atoms with Crippen LogP contribution in [-0.4, -0.2) is 40.7 Å². The van der Waals surface area contributed by atoms with E-state index < -0.39 is 0 Å². The molecule has 0 atom stereocenters. The van der Waals surface area contributed by atoms with Crippen LogP contribution >= 0.6 is 0 Å². The van der Waals surface area contributed by atoms with Gasteiger partial charge < -0.3 is 14.2 Å². The highest BCUT2D eigenvalue weighted by molar-refractivity contribution is 5.82. The number of fused-ring (bicyclic) bond motifs is 1. The fourth-order valence-electron chi connectivity index (χ4n) is 4.30. The summed E-state index contributed by atoms with van der Waals surface area (Å²) in [6.45, 7) is 6.50. The Morgan fingerprint density at radius 2 is 1.93 bits per heavy atom. The van der Waals surface area contributed by atoms with Crippen molar-refractivity contribution in [3.05, 3.63) is 57.9 Å². The molecule has 142 valence electrons. The molecule has 1 fully saturated rings. The van der Waals surface area contributed by atoms with E-state index in [0.29, 0.717) is 18.5 Å². The van der Waals surface area contributed by atoms with Gasteiger partial charge in [0.05, 0.1) is 17.7 Å². The van der Waals surface area contributed by atoms with E-state index in [1.54, 1.807) is 6.07 Å². The largest absolute Gasteiger partial charge is 0.370 e. The number of likely N-dealkylation sites (tertiary alicyclic amines) is 1. The third-order valence-electron chi connectivity index (χ3n) is 5.88. The zero-order valence-corrected chi connectivity index (χ0v) is 16.0. The van der Waals surface area contributed by atoms with Crippen LogP contribution in [0.4, 0.5) is 0 Å². The van der Waals surface area contributed by atoms with Crippen molar-refractivity contribution >= 4 is 16.8 Å². The first kappa shape index (κ1) is 18.0. The van der Waals surface area contributed by atoms with Crippen molar-refractivity contribution in [1.82, 2.24) is 9.47 Å². The summed E-state index contributed by atoms with van der Waals surface area (Å²) in [6, 6.07) is 9.10. The molecular weight excluding hydrogens is 340 g/mol. The van der Waals surface area contributed by atoms with Gasteiger partial charge in [-0.1, -0.05) is 23.8 Å². The van der Waals surface area contributed by atoms with Crippen LogP contribution in [0.15, 0.2) is 46.8 Å². The van der Waals surface area contributed by atoms with Crippen LogP contribution in [0.5, 0.6) is 0 Å². The Morgan fingerprint density at radius 1 is 1.19 bits per heavy atom. The molecule has 2 aliphatic heterocycles. The van der Waals surface area contributed by atoms with E-state index in [1.165, 1.54) is 5.57 Å². The maximum Gasteiger partial charge on any atom is 0.242 e. The molecule has 1 aromatic carbocycles. The van der Waals surface area contributed by atoms with Gasteiger partial charge in [-0.15, -0.1) is 0 Å². The molecule has 2 aliphatic rings. The number of carbonyl (C=O) groups excluding carboxylic acids is 1. The van der Waals surface area contributed by atoms with Crippen molar-refractivity contribution < 1.29 is 9.53 Å². The van der Waals surface area contributed by atoms with Crippen LogP contribution in [0, 0.1) is 6.92 Å². The monoisotopic (exact) mass is 366 g/mol. The predicted molar refractivity (Wildman–Crippen MR) is 106 cm³/mol. The van der Waals surface area contributed by atoms with Crippen LogP contribution in [0.3, 0.4) is 0 Å². The summed E-state index contributed by atoms with van der Waals surface area (Å²) in [6.07, 6.45) is 4.96. The Balaban J connectivity index is 1.52. The number of aromatic nitrogens is 1. The number of carbonyl (C=O) groups is 1. The molecular formula is C22H26N2O3. The molecule has 2 aromatic rings. The van der Waals surface area contributed by atoms with Crippen LogP contribution in [-0.2, 0) is 16.1 Å². The lowest BCUT2D eigenvalue weighted by Gasteiger charge is -2.42. The lowest BCUT2D eigenvalue weighted by atomic mass is 9.87. The van der Waals surface area contributed by atoms with Crippen molar-refractivity contribution in [2.75, 3.05) is 19.7 Å². The molecule has 0 bridgehead atoms. The number of hydrogen-bond donors (Lipinski definition) is 0. The molecule has 0 N–H and O–H groups in total. The quantitative estimate of drug-likeness (QED) is 0.768. The number of rotatable bonds is 2. The SMILES string of the molecule is CC1=CC2(CCN(C(=O)Cn3c(C)cc(=O)c4ccccc43)CC2)OCC1. The van der Waals surface area contributed by atoms with E-state index in [2.05, 4.69) is 13.0 Å². The number of ether oxygens (including phenoxy) is 1. The predicted octanol–water partition coefficient (Wildman–Crippen LogP) is 3.04. The summed E-state index contributed by atoms with van der Waals surface area (Å²) < 4.78 is 8.01. The minimum absolute atomic E-state index is 0.00307. The smallest absolute Gasteiger partial charge is 0.242 e. The first-order chi connectivity index (χ1) is 13.0. The summed E-state index contributed by atoms with van der Waals surface area (Å²) >= 11 is 0.